The van der Waals surface area contributed by atoms with Gasteiger partial charge in [-0.25, -0.2) is 4.79 Å². The first-order chi connectivity index (χ1) is 7.63. The molecule has 0 aromatic heterocycles. The number of carbonyl (C=O) groups is 1. The first kappa shape index (κ1) is 12.4. The molecule has 0 unspecified atom stereocenters. The van der Waals surface area contributed by atoms with E-state index in [1.807, 2.05) is 30.3 Å². The minimum Gasteiger partial charge on any atom is -0.464 e. The predicted molar refractivity (Wildman–Crippen MR) is 66.8 cm³/mol. The fourth-order valence-electron chi connectivity index (χ4n) is 1.06. The predicted octanol–water partition coefficient (Wildman–Crippen LogP) is 2.53. The number of ether oxygens (including phenoxy) is 1. The average molecular weight is 283 g/mol. The SMILES string of the molecule is COC(=O)/C(=C/C(=N)Br)Nc1ccccc1. The Hall–Kier alpha value is -1.62. The summed E-state index contributed by atoms with van der Waals surface area (Å²) in [6.07, 6.45) is 1.35. The van der Waals surface area contributed by atoms with Gasteiger partial charge in [0.15, 0.2) is 0 Å². The molecule has 0 fully saturated rings. The zero-order valence-corrected chi connectivity index (χ0v) is 10.2. The third kappa shape index (κ3) is 3.86. The van der Waals surface area contributed by atoms with E-state index in [1.54, 1.807) is 0 Å². The lowest BCUT2D eigenvalue weighted by atomic mass is 10.3. The first-order valence-corrected chi connectivity index (χ1v) is 5.29. The molecule has 0 saturated heterocycles. The van der Waals surface area contributed by atoms with Gasteiger partial charge in [-0.2, -0.15) is 0 Å². The Labute approximate surface area is 102 Å². The summed E-state index contributed by atoms with van der Waals surface area (Å²) in [5.41, 5.74) is 0.962. The lowest BCUT2D eigenvalue weighted by molar-refractivity contribution is -0.135. The van der Waals surface area contributed by atoms with Crippen LogP contribution in [0.2, 0.25) is 0 Å². The highest BCUT2D eigenvalue weighted by molar-refractivity contribution is 9.18. The maximum atomic E-state index is 11.4. The number of halogens is 1. The van der Waals surface area contributed by atoms with Crippen LogP contribution in [0.15, 0.2) is 42.1 Å². The highest BCUT2D eigenvalue weighted by Gasteiger charge is 2.09. The molecule has 1 aromatic rings. The molecule has 84 valence electrons. The molecule has 0 atom stereocenters. The number of allylic oxidation sites excluding steroid dienone is 1. The Kier molecular flexibility index (Phi) is 4.72. The Balaban J connectivity index is 2.88. The number of rotatable bonds is 4. The van der Waals surface area contributed by atoms with E-state index in [4.69, 9.17) is 5.41 Å². The van der Waals surface area contributed by atoms with Crippen molar-refractivity contribution >= 4 is 32.2 Å². The van der Waals surface area contributed by atoms with Crippen LogP contribution in [0.1, 0.15) is 0 Å². The molecule has 0 radical (unpaired) electrons. The molecule has 0 saturated carbocycles. The van der Waals surface area contributed by atoms with Crippen molar-refractivity contribution in [1.29, 1.82) is 5.41 Å². The van der Waals surface area contributed by atoms with Crippen LogP contribution < -0.4 is 5.32 Å². The van der Waals surface area contributed by atoms with Gasteiger partial charge in [0.05, 0.1) is 11.7 Å². The van der Waals surface area contributed by atoms with Gasteiger partial charge in [0.1, 0.15) is 5.70 Å². The summed E-state index contributed by atoms with van der Waals surface area (Å²) >= 11 is 2.95. The third-order valence-corrected chi connectivity index (χ3v) is 1.96. The van der Waals surface area contributed by atoms with Gasteiger partial charge in [0.25, 0.3) is 0 Å². The van der Waals surface area contributed by atoms with E-state index in [-0.39, 0.29) is 10.3 Å². The molecule has 4 nitrogen and oxygen atoms in total. The minimum absolute atomic E-state index is 0.0938. The maximum Gasteiger partial charge on any atom is 0.354 e. The van der Waals surface area contributed by atoms with Crippen molar-refractivity contribution in [2.24, 2.45) is 0 Å². The van der Waals surface area contributed by atoms with E-state index in [2.05, 4.69) is 26.0 Å². The Bertz CT molecular complexity index is 415. The van der Waals surface area contributed by atoms with Gasteiger partial charge < -0.3 is 10.1 Å². The summed E-state index contributed by atoms with van der Waals surface area (Å²) < 4.78 is 4.69. The van der Waals surface area contributed by atoms with E-state index in [0.717, 1.165) is 5.69 Å². The summed E-state index contributed by atoms with van der Waals surface area (Å²) in [5.74, 6) is -0.520. The number of benzene rings is 1. The number of para-hydroxylation sites is 1. The van der Waals surface area contributed by atoms with Crippen LogP contribution >= 0.6 is 15.9 Å². The largest absolute Gasteiger partial charge is 0.464 e. The van der Waals surface area contributed by atoms with Crippen molar-refractivity contribution < 1.29 is 9.53 Å². The lowest BCUT2D eigenvalue weighted by Gasteiger charge is -2.08. The number of carbonyl (C=O) groups excluding carboxylic acids is 1. The zero-order valence-electron chi connectivity index (χ0n) is 8.66. The monoisotopic (exact) mass is 282 g/mol. The van der Waals surface area contributed by atoms with E-state index in [1.165, 1.54) is 13.2 Å². The number of anilines is 1. The first-order valence-electron chi connectivity index (χ1n) is 4.49. The second-order valence-electron chi connectivity index (χ2n) is 2.89. The summed E-state index contributed by atoms with van der Waals surface area (Å²) in [4.78, 5) is 11.4. The van der Waals surface area contributed by atoms with Gasteiger partial charge in [-0.15, -0.1) is 0 Å². The normalized spacial score (nSPS) is 10.8. The van der Waals surface area contributed by atoms with Gasteiger partial charge in [0, 0.05) is 11.8 Å². The molecule has 1 rings (SSSR count). The van der Waals surface area contributed by atoms with Crippen molar-refractivity contribution in [3.8, 4) is 0 Å². The van der Waals surface area contributed by atoms with Crippen molar-refractivity contribution in [3.63, 3.8) is 0 Å². The van der Waals surface area contributed by atoms with Crippen molar-refractivity contribution in [2.75, 3.05) is 12.4 Å². The maximum absolute atomic E-state index is 11.4. The molecule has 0 aliphatic rings. The second-order valence-corrected chi connectivity index (χ2v) is 3.74. The summed E-state index contributed by atoms with van der Waals surface area (Å²) in [6.45, 7) is 0. The van der Waals surface area contributed by atoms with Gasteiger partial charge >= 0.3 is 5.97 Å². The molecule has 0 aliphatic heterocycles. The van der Waals surface area contributed by atoms with Gasteiger partial charge in [-0.3, -0.25) is 5.41 Å². The lowest BCUT2D eigenvalue weighted by Crippen LogP contribution is -2.13. The van der Waals surface area contributed by atoms with Crippen LogP contribution in [-0.2, 0) is 9.53 Å². The fraction of sp³-hybridized carbons (Fsp3) is 0.0909. The quantitative estimate of drug-likeness (QED) is 0.507. The Morgan fingerprint density at radius 3 is 2.56 bits per heavy atom. The molecule has 0 amide bonds. The van der Waals surface area contributed by atoms with E-state index in [9.17, 15) is 4.79 Å². The number of methoxy groups -OCH3 is 1. The molecule has 0 spiro atoms. The van der Waals surface area contributed by atoms with Crippen LogP contribution in [0.25, 0.3) is 0 Å². The Morgan fingerprint density at radius 1 is 1.44 bits per heavy atom. The Morgan fingerprint density at radius 2 is 2.06 bits per heavy atom. The van der Waals surface area contributed by atoms with E-state index >= 15 is 0 Å². The standard InChI is InChI=1S/C11H11BrN2O2/c1-16-11(15)9(7-10(12)13)14-8-5-3-2-4-6-8/h2-7,13-14H,1H3/b9-7-,13-10?. The van der Waals surface area contributed by atoms with Gasteiger partial charge in [-0.05, 0) is 28.1 Å². The molecular weight excluding hydrogens is 272 g/mol. The molecule has 2 N–H and O–H groups in total. The van der Waals surface area contributed by atoms with Crippen LogP contribution in [0.4, 0.5) is 5.69 Å². The fourth-order valence-corrected chi connectivity index (χ4v) is 1.29. The zero-order chi connectivity index (χ0) is 12.0. The number of esters is 1. The van der Waals surface area contributed by atoms with Crippen LogP contribution in [0.5, 0.6) is 0 Å². The number of hydrogen-bond acceptors (Lipinski definition) is 4. The van der Waals surface area contributed by atoms with E-state index in [0.29, 0.717) is 0 Å². The molecule has 5 heteroatoms. The van der Waals surface area contributed by atoms with Gasteiger partial charge in [-0.1, -0.05) is 18.2 Å². The molecule has 0 aliphatic carbocycles. The average Bonchev–Trinajstić information content (AvgIpc) is 2.28. The summed E-state index contributed by atoms with van der Waals surface area (Å²) in [6, 6.07) is 9.19. The molecular formula is C11H11BrN2O2. The highest BCUT2D eigenvalue weighted by Crippen LogP contribution is 2.10. The van der Waals surface area contributed by atoms with E-state index < -0.39 is 5.97 Å². The van der Waals surface area contributed by atoms with Crippen molar-refractivity contribution in [2.45, 2.75) is 0 Å². The summed E-state index contributed by atoms with van der Waals surface area (Å²) in [7, 11) is 1.29. The summed E-state index contributed by atoms with van der Waals surface area (Å²) in [5, 5.41) is 10.1. The minimum atomic E-state index is -0.520. The van der Waals surface area contributed by atoms with Crippen LogP contribution in [0, 0.1) is 5.41 Å². The molecule has 16 heavy (non-hydrogen) atoms. The molecule has 0 heterocycles. The van der Waals surface area contributed by atoms with Crippen LogP contribution in [0.3, 0.4) is 0 Å². The number of hydrogen-bond donors (Lipinski definition) is 2. The molecule has 0 bridgehead atoms. The topological polar surface area (TPSA) is 62.2 Å². The smallest absolute Gasteiger partial charge is 0.354 e. The van der Waals surface area contributed by atoms with Crippen molar-refractivity contribution in [1.82, 2.24) is 0 Å². The molecule has 1 aromatic carbocycles. The van der Waals surface area contributed by atoms with Crippen LogP contribution in [-0.4, -0.2) is 17.7 Å². The second kappa shape index (κ2) is 6.07. The third-order valence-electron chi connectivity index (χ3n) is 1.73. The van der Waals surface area contributed by atoms with Gasteiger partial charge in [0.2, 0.25) is 0 Å². The number of nitrogens with one attached hydrogen (secondary N) is 2. The highest BCUT2D eigenvalue weighted by atomic mass is 79.9. The van der Waals surface area contributed by atoms with Crippen molar-refractivity contribution in [3.05, 3.63) is 42.1 Å².